The van der Waals surface area contributed by atoms with Gasteiger partial charge < -0.3 is 9.47 Å². The van der Waals surface area contributed by atoms with Crippen LogP contribution in [0.1, 0.15) is 37.7 Å². The predicted octanol–water partition coefficient (Wildman–Crippen LogP) is 5.06. The molecule has 3 nitrogen and oxygen atoms in total. The highest BCUT2D eigenvalue weighted by Gasteiger charge is 2.45. The molecule has 1 aromatic carbocycles. The van der Waals surface area contributed by atoms with E-state index in [2.05, 4.69) is 43.3 Å². The normalized spacial score (nSPS) is 20.6. The Morgan fingerprint density at radius 3 is 2.57 bits per heavy atom. The van der Waals surface area contributed by atoms with Crippen molar-refractivity contribution in [1.82, 2.24) is 0 Å². The van der Waals surface area contributed by atoms with E-state index in [1.54, 1.807) is 26.0 Å². The summed E-state index contributed by atoms with van der Waals surface area (Å²) in [5, 5.41) is 8.87. The van der Waals surface area contributed by atoms with Gasteiger partial charge in [0.25, 0.3) is 0 Å². The zero-order valence-electron chi connectivity index (χ0n) is 14.2. The lowest BCUT2D eigenvalue weighted by Gasteiger charge is -2.38. The minimum absolute atomic E-state index is 0.143. The molecule has 124 valence electrons. The number of methoxy groups -OCH3 is 2. The first-order valence-corrected chi connectivity index (χ1v) is 8.85. The molecular formula is C19H25NO2S. The molecule has 0 N–H and O–H groups in total. The second kappa shape index (κ2) is 8.54. The quantitative estimate of drug-likeness (QED) is 0.493. The largest absolute Gasteiger partial charge is 0.355 e. The fourth-order valence-corrected chi connectivity index (χ4v) is 4.53. The summed E-state index contributed by atoms with van der Waals surface area (Å²) in [7, 11) is 3.40. The smallest absolute Gasteiger partial charge is 0.166 e. The van der Waals surface area contributed by atoms with E-state index in [4.69, 9.17) is 14.7 Å². The summed E-state index contributed by atoms with van der Waals surface area (Å²) in [4.78, 5) is 2.55. The van der Waals surface area contributed by atoms with E-state index in [0.717, 1.165) is 25.7 Å². The van der Waals surface area contributed by atoms with Gasteiger partial charge in [-0.05, 0) is 49.6 Å². The zero-order chi connectivity index (χ0) is 16.7. The van der Waals surface area contributed by atoms with Crippen LogP contribution in [0.25, 0.3) is 0 Å². The molecule has 0 saturated carbocycles. The number of benzene rings is 1. The number of hydrogen-bond donors (Lipinski definition) is 0. The third kappa shape index (κ3) is 4.17. The summed E-state index contributed by atoms with van der Waals surface area (Å²) >= 11 is 1.80. The van der Waals surface area contributed by atoms with Crippen LogP contribution in [0.5, 0.6) is 0 Å². The van der Waals surface area contributed by atoms with Crippen LogP contribution >= 0.6 is 11.8 Å². The van der Waals surface area contributed by atoms with Crippen molar-refractivity contribution in [3.05, 3.63) is 40.8 Å². The second-order valence-electron chi connectivity index (χ2n) is 5.99. The third-order valence-corrected chi connectivity index (χ3v) is 5.75. The van der Waals surface area contributed by atoms with Gasteiger partial charge in [0.05, 0.1) is 11.5 Å². The van der Waals surface area contributed by atoms with Crippen molar-refractivity contribution in [2.24, 2.45) is 5.41 Å². The molecule has 0 amide bonds. The maximum atomic E-state index is 8.87. The van der Waals surface area contributed by atoms with Gasteiger partial charge in [-0.15, -0.1) is 0 Å². The Bertz CT molecular complexity index is 572. The maximum Gasteiger partial charge on any atom is 0.166 e. The molecule has 0 heterocycles. The lowest BCUT2D eigenvalue weighted by atomic mass is 9.81. The standard InChI is InChI=1S/C19H25NO2S/c1-15-8-10-16(11-9-15)23-17-7-6-13-19(17,12-4-5-14-20)18(21-2)22-3/h7-11,18H,4-6,12-13H2,1-3H3/t19-/m0/s1. The average molecular weight is 331 g/mol. The molecule has 1 atom stereocenters. The SMILES string of the molecule is COC(OC)[C@@]1(CCCC#N)CCC=C1Sc1ccc(C)cc1. The van der Waals surface area contributed by atoms with Crippen LogP contribution in [0.3, 0.4) is 0 Å². The molecule has 23 heavy (non-hydrogen) atoms. The minimum atomic E-state index is -0.270. The number of nitrogens with zero attached hydrogens (tertiary/aromatic N) is 1. The summed E-state index contributed by atoms with van der Waals surface area (Å²) in [6, 6.07) is 10.8. The lowest BCUT2D eigenvalue weighted by Crippen LogP contribution is -2.37. The Kier molecular flexibility index (Phi) is 6.71. The van der Waals surface area contributed by atoms with Crippen LogP contribution in [0.4, 0.5) is 0 Å². The number of nitriles is 1. The van der Waals surface area contributed by atoms with Gasteiger partial charge in [0.1, 0.15) is 0 Å². The van der Waals surface area contributed by atoms with Crippen LogP contribution < -0.4 is 0 Å². The first kappa shape index (κ1) is 18.1. The van der Waals surface area contributed by atoms with Gasteiger partial charge in [0.2, 0.25) is 0 Å². The third-order valence-electron chi connectivity index (χ3n) is 4.45. The first-order chi connectivity index (χ1) is 11.2. The van der Waals surface area contributed by atoms with Crippen molar-refractivity contribution in [2.45, 2.75) is 50.2 Å². The van der Waals surface area contributed by atoms with Gasteiger partial charge in [-0.2, -0.15) is 5.26 Å². The van der Waals surface area contributed by atoms with Gasteiger partial charge in [-0.1, -0.05) is 35.5 Å². The number of hydrogen-bond acceptors (Lipinski definition) is 4. The second-order valence-corrected chi connectivity index (χ2v) is 7.11. The fraction of sp³-hybridized carbons (Fsp3) is 0.526. The van der Waals surface area contributed by atoms with E-state index < -0.39 is 0 Å². The molecule has 1 aromatic rings. The van der Waals surface area contributed by atoms with E-state index in [1.165, 1.54) is 15.4 Å². The molecule has 0 spiro atoms. The molecular weight excluding hydrogens is 306 g/mol. The fourth-order valence-electron chi connectivity index (χ4n) is 3.29. The summed E-state index contributed by atoms with van der Waals surface area (Å²) < 4.78 is 11.3. The molecule has 0 radical (unpaired) electrons. The van der Waals surface area contributed by atoms with E-state index in [-0.39, 0.29) is 11.7 Å². The molecule has 1 aliphatic carbocycles. The summed E-state index contributed by atoms with van der Waals surface area (Å²) in [5.41, 5.74) is 1.12. The van der Waals surface area contributed by atoms with Gasteiger partial charge in [0, 0.05) is 25.5 Å². The molecule has 0 aliphatic heterocycles. The van der Waals surface area contributed by atoms with Crippen molar-refractivity contribution in [3.63, 3.8) is 0 Å². The predicted molar refractivity (Wildman–Crippen MR) is 94.1 cm³/mol. The van der Waals surface area contributed by atoms with Crippen LogP contribution in [-0.4, -0.2) is 20.5 Å². The first-order valence-electron chi connectivity index (χ1n) is 8.04. The van der Waals surface area contributed by atoms with Crippen molar-refractivity contribution in [2.75, 3.05) is 14.2 Å². The Hall–Kier alpha value is -1.28. The maximum absolute atomic E-state index is 8.87. The van der Waals surface area contributed by atoms with Crippen LogP contribution in [0.2, 0.25) is 0 Å². The highest BCUT2D eigenvalue weighted by Crippen LogP contribution is 2.53. The van der Waals surface area contributed by atoms with Gasteiger partial charge in [-0.3, -0.25) is 0 Å². The average Bonchev–Trinajstić information content (AvgIpc) is 2.95. The number of aryl methyl sites for hydroxylation is 1. The van der Waals surface area contributed by atoms with Crippen molar-refractivity contribution in [3.8, 4) is 6.07 Å². The van der Waals surface area contributed by atoms with Gasteiger partial charge in [0.15, 0.2) is 6.29 Å². The number of ether oxygens (including phenoxy) is 2. The molecule has 0 saturated heterocycles. The van der Waals surface area contributed by atoms with E-state index in [9.17, 15) is 0 Å². The van der Waals surface area contributed by atoms with Crippen molar-refractivity contribution < 1.29 is 9.47 Å². The van der Waals surface area contributed by atoms with Crippen molar-refractivity contribution >= 4 is 11.8 Å². The Morgan fingerprint density at radius 1 is 1.26 bits per heavy atom. The van der Waals surface area contributed by atoms with E-state index in [0.29, 0.717) is 6.42 Å². The monoisotopic (exact) mass is 331 g/mol. The zero-order valence-corrected chi connectivity index (χ0v) is 15.0. The molecule has 0 bridgehead atoms. The van der Waals surface area contributed by atoms with Crippen LogP contribution in [0, 0.1) is 23.7 Å². The molecule has 4 heteroatoms. The summed E-state index contributed by atoms with van der Waals surface area (Å²) in [6.07, 6.45) is 6.44. The van der Waals surface area contributed by atoms with Gasteiger partial charge in [-0.25, -0.2) is 0 Å². The number of thioether (sulfide) groups is 1. The molecule has 1 aliphatic rings. The highest BCUT2D eigenvalue weighted by molar-refractivity contribution is 8.03. The Balaban J connectivity index is 2.23. The van der Waals surface area contributed by atoms with Crippen LogP contribution in [0.15, 0.2) is 40.1 Å². The number of rotatable bonds is 8. The molecule has 2 rings (SSSR count). The Morgan fingerprint density at radius 2 is 1.96 bits per heavy atom. The van der Waals surface area contributed by atoms with Crippen molar-refractivity contribution in [1.29, 1.82) is 5.26 Å². The minimum Gasteiger partial charge on any atom is -0.355 e. The number of unbranched alkanes of at least 4 members (excludes halogenated alkanes) is 1. The van der Waals surface area contributed by atoms with Gasteiger partial charge >= 0.3 is 0 Å². The van der Waals surface area contributed by atoms with Crippen LogP contribution in [-0.2, 0) is 9.47 Å². The topological polar surface area (TPSA) is 42.2 Å². The highest BCUT2D eigenvalue weighted by atomic mass is 32.2. The molecule has 0 unspecified atom stereocenters. The van der Waals surface area contributed by atoms with E-state index >= 15 is 0 Å². The van der Waals surface area contributed by atoms with E-state index in [1.807, 2.05) is 0 Å². The Labute approximate surface area is 143 Å². The number of allylic oxidation sites excluding steroid dienone is 1. The summed E-state index contributed by atoms with van der Waals surface area (Å²) in [6.45, 7) is 2.10. The molecule has 0 fully saturated rings. The lowest BCUT2D eigenvalue weighted by molar-refractivity contribution is -0.166. The summed E-state index contributed by atoms with van der Waals surface area (Å²) in [5.74, 6) is 0. The molecule has 0 aromatic heterocycles.